The lowest BCUT2D eigenvalue weighted by Crippen LogP contribution is -2.05. The topological polar surface area (TPSA) is 66.0 Å². The first-order valence-electron chi connectivity index (χ1n) is 5.59. The minimum absolute atomic E-state index is 0.0449. The Labute approximate surface area is 111 Å². The van der Waals surface area contributed by atoms with Gasteiger partial charge in [0, 0.05) is 13.1 Å². The minimum atomic E-state index is -0.0449. The Balaban J connectivity index is 2.05. The van der Waals surface area contributed by atoms with E-state index in [0.717, 1.165) is 11.3 Å². The van der Waals surface area contributed by atoms with E-state index in [0.29, 0.717) is 17.4 Å². The Bertz CT molecular complexity index is 539. The SMILES string of the molecule is C[C@@H](N)c1ccc(OCc2cn(C)nn2)c(Cl)c1. The molecule has 0 saturated carbocycles. The van der Waals surface area contributed by atoms with Crippen molar-refractivity contribution in [3.63, 3.8) is 0 Å². The van der Waals surface area contributed by atoms with E-state index in [-0.39, 0.29) is 6.04 Å². The van der Waals surface area contributed by atoms with E-state index in [1.807, 2.05) is 25.1 Å². The summed E-state index contributed by atoms with van der Waals surface area (Å²) in [5.41, 5.74) is 7.51. The van der Waals surface area contributed by atoms with Crippen molar-refractivity contribution < 1.29 is 4.74 Å². The van der Waals surface area contributed by atoms with Crippen molar-refractivity contribution in [2.75, 3.05) is 0 Å². The smallest absolute Gasteiger partial charge is 0.138 e. The van der Waals surface area contributed by atoms with Gasteiger partial charge in [0.15, 0.2) is 0 Å². The first-order valence-corrected chi connectivity index (χ1v) is 5.97. The summed E-state index contributed by atoms with van der Waals surface area (Å²) in [6.45, 7) is 2.25. The zero-order valence-electron chi connectivity index (χ0n) is 10.3. The average Bonchev–Trinajstić information content (AvgIpc) is 2.73. The second kappa shape index (κ2) is 5.37. The van der Waals surface area contributed by atoms with Gasteiger partial charge in [-0.05, 0) is 24.6 Å². The molecular weight excluding hydrogens is 252 g/mol. The van der Waals surface area contributed by atoms with E-state index in [9.17, 15) is 0 Å². The molecular formula is C12H15ClN4O. The lowest BCUT2D eigenvalue weighted by atomic mass is 10.1. The molecule has 0 unspecified atom stereocenters. The molecule has 0 spiro atoms. The molecule has 0 bridgehead atoms. The Morgan fingerprint density at radius 3 is 2.83 bits per heavy atom. The van der Waals surface area contributed by atoms with E-state index in [1.54, 1.807) is 17.9 Å². The van der Waals surface area contributed by atoms with Crippen LogP contribution in [0.5, 0.6) is 5.75 Å². The number of nitrogens with zero attached hydrogens (tertiary/aromatic N) is 3. The monoisotopic (exact) mass is 266 g/mol. The standard InChI is InChI=1S/C12H15ClN4O/c1-8(14)9-3-4-12(11(13)5-9)18-7-10-6-17(2)16-15-10/h3-6,8H,7,14H2,1-2H3/t8-/m1/s1. The summed E-state index contributed by atoms with van der Waals surface area (Å²) >= 11 is 6.12. The van der Waals surface area contributed by atoms with E-state index >= 15 is 0 Å². The van der Waals surface area contributed by atoms with Gasteiger partial charge in [0.05, 0.1) is 11.2 Å². The van der Waals surface area contributed by atoms with Crippen molar-refractivity contribution in [3.05, 3.63) is 40.7 Å². The summed E-state index contributed by atoms with van der Waals surface area (Å²) in [5.74, 6) is 0.617. The van der Waals surface area contributed by atoms with E-state index in [4.69, 9.17) is 22.1 Å². The third-order valence-electron chi connectivity index (χ3n) is 2.51. The number of benzene rings is 1. The largest absolute Gasteiger partial charge is 0.486 e. The molecule has 1 aromatic carbocycles. The van der Waals surface area contributed by atoms with Crippen molar-refractivity contribution in [1.29, 1.82) is 0 Å². The van der Waals surface area contributed by atoms with Crippen LogP contribution < -0.4 is 10.5 Å². The summed E-state index contributed by atoms with van der Waals surface area (Å²) in [6.07, 6.45) is 1.80. The predicted molar refractivity (Wildman–Crippen MR) is 69.4 cm³/mol. The van der Waals surface area contributed by atoms with Crippen molar-refractivity contribution in [2.24, 2.45) is 12.8 Å². The molecule has 1 atom stereocenters. The highest BCUT2D eigenvalue weighted by Crippen LogP contribution is 2.27. The van der Waals surface area contributed by atoms with Gasteiger partial charge in [-0.25, -0.2) is 0 Å². The van der Waals surface area contributed by atoms with Crippen molar-refractivity contribution in [2.45, 2.75) is 19.6 Å². The zero-order valence-corrected chi connectivity index (χ0v) is 11.1. The van der Waals surface area contributed by atoms with Gasteiger partial charge in [-0.1, -0.05) is 22.9 Å². The van der Waals surface area contributed by atoms with Gasteiger partial charge in [-0.15, -0.1) is 5.10 Å². The zero-order chi connectivity index (χ0) is 13.1. The Morgan fingerprint density at radius 2 is 2.28 bits per heavy atom. The summed E-state index contributed by atoms with van der Waals surface area (Å²) in [5, 5.41) is 8.31. The molecule has 0 aliphatic rings. The maximum absolute atomic E-state index is 6.12. The third-order valence-corrected chi connectivity index (χ3v) is 2.80. The molecule has 5 nitrogen and oxygen atoms in total. The number of aryl methyl sites for hydroxylation is 1. The molecule has 1 aromatic heterocycles. The molecule has 0 fully saturated rings. The van der Waals surface area contributed by atoms with Crippen LogP contribution in [-0.2, 0) is 13.7 Å². The van der Waals surface area contributed by atoms with Gasteiger partial charge < -0.3 is 10.5 Å². The normalized spacial score (nSPS) is 12.4. The Kier molecular flexibility index (Phi) is 3.84. The van der Waals surface area contributed by atoms with Crippen LogP contribution in [0.4, 0.5) is 0 Å². The maximum atomic E-state index is 6.12. The number of nitrogens with two attached hydrogens (primary N) is 1. The molecule has 2 rings (SSSR count). The van der Waals surface area contributed by atoms with E-state index in [1.165, 1.54) is 0 Å². The van der Waals surface area contributed by atoms with Crippen LogP contribution in [0, 0.1) is 0 Å². The van der Waals surface area contributed by atoms with Crippen molar-refractivity contribution in [3.8, 4) is 5.75 Å². The minimum Gasteiger partial charge on any atom is -0.486 e. The second-order valence-electron chi connectivity index (χ2n) is 4.15. The number of aromatic nitrogens is 3. The van der Waals surface area contributed by atoms with Crippen LogP contribution in [0.2, 0.25) is 5.02 Å². The highest BCUT2D eigenvalue weighted by atomic mass is 35.5. The molecule has 0 saturated heterocycles. The van der Waals surface area contributed by atoms with Gasteiger partial charge >= 0.3 is 0 Å². The van der Waals surface area contributed by atoms with Gasteiger partial charge in [0.1, 0.15) is 18.1 Å². The number of halogens is 1. The van der Waals surface area contributed by atoms with Crippen LogP contribution in [0.15, 0.2) is 24.4 Å². The van der Waals surface area contributed by atoms with Crippen LogP contribution >= 0.6 is 11.6 Å². The van der Waals surface area contributed by atoms with E-state index < -0.39 is 0 Å². The maximum Gasteiger partial charge on any atom is 0.138 e. The van der Waals surface area contributed by atoms with Crippen molar-refractivity contribution in [1.82, 2.24) is 15.0 Å². The molecule has 0 aliphatic carbocycles. The summed E-state index contributed by atoms with van der Waals surface area (Å²) in [6, 6.07) is 5.49. The highest BCUT2D eigenvalue weighted by Gasteiger charge is 2.07. The van der Waals surface area contributed by atoms with Crippen LogP contribution in [0.25, 0.3) is 0 Å². The fourth-order valence-electron chi connectivity index (χ4n) is 1.53. The molecule has 1 heterocycles. The quantitative estimate of drug-likeness (QED) is 0.920. The van der Waals surface area contributed by atoms with Crippen molar-refractivity contribution >= 4 is 11.6 Å². The Morgan fingerprint density at radius 1 is 1.50 bits per heavy atom. The van der Waals surface area contributed by atoms with E-state index in [2.05, 4.69) is 10.3 Å². The fraction of sp³-hybridized carbons (Fsp3) is 0.333. The molecule has 2 N–H and O–H groups in total. The van der Waals surface area contributed by atoms with Crippen LogP contribution in [0.3, 0.4) is 0 Å². The molecule has 0 radical (unpaired) electrons. The molecule has 96 valence electrons. The van der Waals surface area contributed by atoms with Crippen LogP contribution in [0.1, 0.15) is 24.2 Å². The number of hydrogen-bond acceptors (Lipinski definition) is 4. The van der Waals surface area contributed by atoms with Gasteiger partial charge in [0.2, 0.25) is 0 Å². The number of ether oxygens (including phenoxy) is 1. The first kappa shape index (κ1) is 12.9. The van der Waals surface area contributed by atoms with Gasteiger partial charge in [-0.2, -0.15) is 0 Å². The summed E-state index contributed by atoms with van der Waals surface area (Å²) in [7, 11) is 1.81. The fourth-order valence-corrected chi connectivity index (χ4v) is 1.77. The summed E-state index contributed by atoms with van der Waals surface area (Å²) < 4.78 is 7.21. The lowest BCUT2D eigenvalue weighted by Gasteiger charge is -2.10. The third kappa shape index (κ3) is 3.00. The number of hydrogen-bond donors (Lipinski definition) is 1. The number of rotatable bonds is 4. The van der Waals surface area contributed by atoms with Gasteiger partial charge in [0.25, 0.3) is 0 Å². The molecule has 0 amide bonds. The summed E-state index contributed by atoms with van der Waals surface area (Å²) in [4.78, 5) is 0. The van der Waals surface area contributed by atoms with Gasteiger partial charge in [-0.3, -0.25) is 4.68 Å². The molecule has 0 aliphatic heterocycles. The van der Waals surface area contributed by atoms with Crippen LogP contribution in [-0.4, -0.2) is 15.0 Å². The average molecular weight is 267 g/mol. The Hall–Kier alpha value is -1.59. The molecule has 2 aromatic rings. The second-order valence-corrected chi connectivity index (χ2v) is 4.56. The lowest BCUT2D eigenvalue weighted by molar-refractivity contribution is 0.301. The molecule has 6 heteroatoms. The highest BCUT2D eigenvalue weighted by molar-refractivity contribution is 6.32. The first-order chi connectivity index (χ1) is 8.56. The molecule has 18 heavy (non-hydrogen) atoms. The predicted octanol–water partition coefficient (Wildman–Crippen LogP) is 2.07.